The molecule has 0 aliphatic heterocycles. The van der Waals surface area contributed by atoms with Crippen molar-refractivity contribution in [3.8, 4) is 0 Å². The smallest absolute Gasteiger partial charge is 0.396 e. The number of halogens is 3. The van der Waals surface area contributed by atoms with E-state index in [9.17, 15) is 18.0 Å². The van der Waals surface area contributed by atoms with E-state index in [1.165, 1.54) is 4.98 Å². The molecule has 0 saturated heterocycles. The maximum atomic E-state index is 12.0. The minimum atomic E-state index is -4.65. The van der Waals surface area contributed by atoms with Crippen molar-refractivity contribution in [2.24, 2.45) is 0 Å². The van der Waals surface area contributed by atoms with Crippen LogP contribution in [0.3, 0.4) is 0 Å². The summed E-state index contributed by atoms with van der Waals surface area (Å²) in [5, 5.41) is 0. The highest BCUT2D eigenvalue weighted by Crippen LogP contribution is 2.29. The first-order valence-corrected chi connectivity index (χ1v) is 2.83. The quantitative estimate of drug-likeness (QED) is 0.604. The van der Waals surface area contributed by atoms with E-state index in [0.29, 0.717) is 6.20 Å². The summed E-state index contributed by atoms with van der Waals surface area (Å²) in [5.74, 6) is 0. The summed E-state index contributed by atoms with van der Waals surface area (Å²) >= 11 is 0. The Kier molecular flexibility index (Phi) is 1.79. The molecule has 1 aromatic heterocycles. The van der Waals surface area contributed by atoms with Gasteiger partial charge in [-0.25, -0.2) is 4.79 Å². The lowest BCUT2D eigenvalue weighted by atomic mass is 10.3. The predicted molar refractivity (Wildman–Crippen MR) is 34.3 cm³/mol. The van der Waals surface area contributed by atoms with Crippen LogP contribution in [0.1, 0.15) is 5.69 Å². The Hall–Kier alpha value is -1.53. The van der Waals surface area contributed by atoms with Gasteiger partial charge in [-0.15, -0.1) is 0 Å². The molecule has 0 saturated carbocycles. The fraction of sp³-hybridized carbons (Fsp3) is 0.200. The molecule has 0 aromatic carbocycles. The Morgan fingerprint density at radius 1 is 1.50 bits per heavy atom. The summed E-state index contributed by atoms with van der Waals surface area (Å²) in [6.07, 6.45) is -3.98. The molecule has 0 amide bonds. The molecule has 1 rings (SSSR count). The number of nitrogens with one attached hydrogen (secondary N) is 1. The van der Waals surface area contributed by atoms with E-state index in [2.05, 4.69) is 4.98 Å². The zero-order valence-corrected chi connectivity index (χ0v) is 5.64. The van der Waals surface area contributed by atoms with Gasteiger partial charge in [0.2, 0.25) is 0 Å². The number of alkyl halides is 3. The second-order valence-electron chi connectivity index (χ2n) is 2.02. The molecule has 3 N–H and O–H groups in total. The van der Waals surface area contributed by atoms with Gasteiger partial charge in [-0.3, -0.25) is 4.98 Å². The highest BCUT2D eigenvalue weighted by atomic mass is 19.4. The summed E-state index contributed by atoms with van der Waals surface area (Å²) < 4.78 is 35.9. The molecule has 0 aliphatic carbocycles. The fourth-order valence-electron chi connectivity index (χ4n) is 0.639. The second kappa shape index (κ2) is 2.50. The van der Waals surface area contributed by atoms with Crippen molar-refractivity contribution in [1.29, 1.82) is 0 Å². The largest absolute Gasteiger partial charge is 0.433 e. The summed E-state index contributed by atoms with van der Waals surface area (Å²) in [5.41, 5.74) is 1.99. The topological polar surface area (TPSA) is 71.8 Å². The number of anilines is 1. The van der Waals surface area contributed by atoms with Crippen LogP contribution in [0.5, 0.6) is 0 Å². The highest BCUT2D eigenvalue weighted by Gasteiger charge is 2.34. The molecule has 1 heterocycles. The molecule has 0 spiro atoms. The molecule has 66 valence electrons. The average Bonchev–Trinajstić information content (AvgIpc) is 1.92. The van der Waals surface area contributed by atoms with Crippen molar-refractivity contribution in [2.75, 3.05) is 5.73 Å². The number of hydrogen-bond donors (Lipinski definition) is 2. The van der Waals surface area contributed by atoms with Crippen LogP contribution >= 0.6 is 0 Å². The van der Waals surface area contributed by atoms with Gasteiger partial charge in [0.15, 0.2) is 0 Å². The molecule has 0 unspecified atom stereocenters. The Morgan fingerprint density at radius 2 is 2.08 bits per heavy atom. The van der Waals surface area contributed by atoms with Crippen LogP contribution in [0.15, 0.2) is 11.0 Å². The van der Waals surface area contributed by atoms with Gasteiger partial charge in [0.25, 0.3) is 0 Å². The van der Waals surface area contributed by atoms with Crippen LogP contribution in [-0.4, -0.2) is 9.97 Å². The lowest BCUT2D eigenvalue weighted by Crippen LogP contribution is -2.20. The van der Waals surface area contributed by atoms with Crippen molar-refractivity contribution >= 4 is 5.69 Å². The van der Waals surface area contributed by atoms with Crippen LogP contribution in [0.2, 0.25) is 0 Å². The Morgan fingerprint density at radius 3 is 2.50 bits per heavy atom. The third-order valence-electron chi connectivity index (χ3n) is 1.12. The van der Waals surface area contributed by atoms with Crippen molar-refractivity contribution in [1.82, 2.24) is 9.97 Å². The van der Waals surface area contributed by atoms with Gasteiger partial charge in [-0.2, -0.15) is 18.2 Å². The molecule has 0 radical (unpaired) electrons. The fourth-order valence-corrected chi connectivity index (χ4v) is 0.639. The zero-order chi connectivity index (χ0) is 9.35. The molecule has 0 bridgehead atoms. The van der Waals surface area contributed by atoms with Crippen LogP contribution in [-0.2, 0) is 6.18 Å². The summed E-state index contributed by atoms with van der Waals surface area (Å²) in [6, 6.07) is 0. The van der Waals surface area contributed by atoms with Crippen molar-refractivity contribution in [2.45, 2.75) is 6.18 Å². The maximum Gasteiger partial charge on any atom is 0.433 e. The number of aromatic nitrogens is 2. The molecular weight excluding hydrogens is 175 g/mol. The molecule has 0 aliphatic rings. The summed E-state index contributed by atoms with van der Waals surface area (Å²) in [4.78, 5) is 14.9. The molecule has 0 fully saturated rings. The summed E-state index contributed by atoms with van der Waals surface area (Å²) in [7, 11) is 0. The van der Waals surface area contributed by atoms with E-state index < -0.39 is 23.2 Å². The number of hydrogen-bond acceptors (Lipinski definition) is 3. The average molecular weight is 179 g/mol. The predicted octanol–water partition coefficient (Wildman–Crippen LogP) is 0.371. The molecule has 0 atom stereocenters. The van der Waals surface area contributed by atoms with Crippen molar-refractivity contribution in [3.05, 3.63) is 22.4 Å². The van der Waals surface area contributed by atoms with Crippen LogP contribution < -0.4 is 11.4 Å². The van der Waals surface area contributed by atoms with Crippen LogP contribution in [0, 0.1) is 0 Å². The van der Waals surface area contributed by atoms with Crippen molar-refractivity contribution < 1.29 is 13.2 Å². The van der Waals surface area contributed by atoms with E-state index in [1.807, 2.05) is 0 Å². The first-order chi connectivity index (χ1) is 5.41. The first kappa shape index (κ1) is 8.57. The minimum Gasteiger partial charge on any atom is -0.396 e. The van der Waals surface area contributed by atoms with Crippen LogP contribution in [0.25, 0.3) is 0 Å². The van der Waals surface area contributed by atoms with Gasteiger partial charge in [-0.1, -0.05) is 0 Å². The lowest BCUT2D eigenvalue weighted by molar-refractivity contribution is -0.140. The van der Waals surface area contributed by atoms with Crippen molar-refractivity contribution in [3.63, 3.8) is 0 Å². The number of rotatable bonds is 0. The van der Waals surface area contributed by atoms with Gasteiger partial charge < -0.3 is 5.73 Å². The standard InChI is InChI=1S/C5H4F3N3O/c6-5(7,8)3-2(9)1-10-4(12)11-3/h1H,9H2,(H,10,11,12). The molecule has 1 aromatic rings. The number of nitrogen functional groups attached to an aromatic ring is 1. The van der Waals surface area contributed by atoms with E-state index in [0.717, 1.165) is 0 Å². The van der Waals surface area contributed by atoms with Crippen LogP contribution in [0.4, 0.5) is 18.9 Å². The SMILES string of the molecule is Nc1cnc(=O)[nH]c1C(F)(F)F. The number of H-pyrrole nitrogens is 1. The first-order valence-electron chi connectivity index (χ1n) is 2.83. The van der Waals surface area contributed by atoms with E-state index in [1.54, 1.807) is 0 Å². The lowest BCUT2D eigenvalue weighted by Gasteiger charge is -2.07. The Bertz CT molecular complexity index is 343. The Balaban J connectivity index is 3.33. The normalized spacial score (nSPS) is 11.6. The van der Waals surface area contributed by atoms with Gasteiger partial charge >= 0.3 is 11.9 Å². The number of aromatic amines is 1. The van der Waals surface area contributed by atoms with Gasteiger partial charge in [0.1, 0.15) is 5.69 Å². The van der Waals surface area contributed by atoms with E-state index in [-0.39, 0.29) is 0 Å². The van der Waals surface area contributed by atoms with Gasteiger partial charge in [0, 0.05) is 0 Å². The monoisotopic (exact) mass is 179 g/mol. The number of nitrogens with two attached hydrogens (primary N) is 1. The third-order valence-corrected chi connectivity index (χ3v) is 1.12. The summed E-state index contributed by atoms with van der Waals surface area (Å²) in [6.45, 7) is 0. The van der Waals surface area contributed by atoms with E-state index in [4.69, 9.17) is 5.73 Å². The molecular formula is C5H4F3N3O. The zero-order valence-electron chi connectivity index (χ0n) is 5.64. The van der Waals surface area contributed by atoms with E-state index >= 15 is 0 Å². The highest BCUT2D eigenvalue weighted by molar-refractivity contribution is 5.40. The second-order valence-corrected chi connectivity index (χ2v) is 2.02. The number of nitrogens with zero attached hydrogens (tertiary/aromatic N) is 1. The third kappa shape index (κ3) is 1.55. The molecule has 4 nitrogen and oxygen atoms in total. The minimum absolute atomic E-state index is 0.595. The molecule has 12 heavy (non-hydrogen) atoms. The maximum absolute atomic E-state index is 12.0. The van der Waals surface area contributed by atoms with Gasteiger partial charge in [0.05, 0.1) is 11.9 Å². The molecule has 7 heteroatoms. The Labute approximate surface area is 64.2 Å². The van der Waals surface area contributed by atoms with Gasteiger partial charge in [-0.05, 0) is 0 Å².